The maximum Gasteiger partial charge on any atom is 0.0592 e. The highest BCUT2D eigenvalue weighted by atomic mass is 79.9. The van der Waals surface area contributed by atoms with Gasteiger partial charge >= 0.3 is 0 Å². The molecule has 3 rings (SSSR count). The van der Waals surface area contributed by atoms with Crippen LogP contribution < -0.4 is 5.32 Å². The number of nitrogens with one attached hydrogen (secondary N) is 1. The summed E-state index contributed by atoms with van der Waals surface area (Å²) >= 11 is 9.99. The maximum atomic E-state index is 6.44. The minimum atomic E-state index is 0.131. The third kappa shape index (κ3) is 3.03. The number of benzene rings is 2. The van der Waals surface area contributed by atoms with Gasteiger partial charge in [-0.1, -0.05) is 58.2 Å². The van der Waals surface area contributed by atoms with E-state index in [9.17, 15) is 0 Å². The first kappa shape index (κ1) is 15.1. The van der Waals surface area contributed by atoms with Gasteiger partial charge in [0.25, 0.3) is 0 Å². The average Bonchev–Trinajstić information content (AvgIpc) is 2.43. The Labute approximate surface area is 139 Å². The van der Waals surface area contributed by atoms with Crippen LogP contribution in [-0.4, -0.2) is 7.05 Å². The largest absolute Gasteiger partial charge is 0.309 e. The molecule has 0 saturated heterocycles. The van der Waals surface area contributed by atoms with E-state index in [1.54, 1.807) is 0 Å². The second-order valence-corrected chi connectivity index (χ2v) is 6.97. The van der Waals surface area contributed by atoms with Crippen molar-refractivity contribution in [3.8, 4) is 0 Å². The molecule has 0 aromatic heterocycles. The SMILES string of the molecule is CNC(c1cc(Br)ccc1Cl)c1ccccc1C1CCC1. The van der Waals surface area contributed by atoms with Crippen LogP contribution in [-0.2, 0) is 0 Å². The lowest BCUT2D eigenvalue weighted by Gasteiger charge is -2.31. The van der Waals surface area contributed by atoms with E-state index in [-0.39, 0.29) is 6.04 Å². The molecule has 0 heterocycles. The Balaban J connectivity index is 2.06. The van der Waals surface area contributed by atoms with Crippen molar-refractivity contribution < 1.29 is 0 Å². The summed E-state index contributed by atoms with van der Waals surface area (Å²) in [7, 11) is 2.00. The van der Waals surface area contributed by atoms with Crippen LogP contribution in [0.5, 0.6) is 0 Å². The summed E-state index contributed by atoms with van der Waals surface area (Å²) in [5, 5.41) is 4.25. The van der Waals surface area contributed by atoms with Gasteiger partial charge in [-0.2, -0.15) is 0 Å². The van der Waals surface area contributed by atoms with Crippen LogP contribution in [0.2, 0.25) is 5.02 Å². The van der Waals surface area contributed by atoms with Crippen LogP contribution in [0.4, 0.5) is 0 Å². The Morgan fingerprint density at radius 2 is 1.90 bits per heavy atom. The first-order valence-electron chi connectivity index (χ1n) is 7.41. The van der Waals surface area contributed by atoms with E-state index in [0.717, 1.165) is 15.1 Å². The second kappa shape index (κ2) is 6.51. The molecule has 0 amide bonds. The van der Waals surface area contributed by atoms with Crippen molar-refractivity contribution >= 4 is 27.5 Å². The highest BCUT2D eigenvalue weighted by Gasteiger charge is 2.26. The highest BCUT2D eigenvalue weighted by Crippen LogP contribution is 2.41. The van der Waals surface area contributed by atoms with Gasteiger partial charge < -0.3 is 5.32 Å². The number of hydrogen-bond acceptors (Lipinski definition) is 1. The maximum absolute atomic E-state index is 6.44. The van der Waals surface area contributed by atoms with Crippen molar-refractivity contribution in [2.75, 3.05) is 7.05 Å². The molecular weight excluding hydrogens is 346 g/mol. The van der Waals surface area contributed by atoms with Gasteiger partial charge in [-0.05, 0) is 60.7 Å². The molecule has 1 aliphatic rings. The van der Waals surface area contributed by atoms with Crippen molar-refractivity contribution in [2.24, 2.45) is 0 Å². The van der Waals surface area contributed by atoms with Crippen molar-refractivity contribution in [3.05, 3.63) is 68.7 Å². The molecule has 1 unspecified atom stereocenters. The zero-order valence-corrected chi connectivity index (χ0v) is 14.4. The highest BCUT2D eigenvalue weighted by molar-refractivity contribution is 9.10. The van der Waals surface area contributed by atoms with E-state index in [4.69, 9.17) is 11.6 Å². The smallest absolute Gasteiger partial charge is 0.0592 e. The second-order valence-electron chi connectivity index (χ2n) is 5.64. The Kier molecular flexibility index (Phi) is 4.68. The van der Waals surface area contributed by atoms with E-state index < -0.39 is 0 Å². The topological polar surface area (TPSA) is 12.0 Å². The van der Waals surface area contributed by atoms with Gasteiger partial charge in [-0.15, -0.1) is 0 Å². The molecule has 21 heavy (non-hydrogen) atoms. The van der Waals surface area contributed by atoms with Crippen LogP contribution in [0.15, 0.2) is 46.9 Å². The van der Waals surface area contributed by atoms with E-state index >= 15 is 0 Å². The summed E-state index contributed by atoms with van der Waals surface area (Å²) in [6.45, 7) is 0. The third-order valence-corrected chi connectivity index (χ3v) is 5.25. The molecule has 2 aromatic rings. The van der Waals surface area contributed by atoms with Crippen LogP contribution in [0.1, 0.15) is 47.9 Å². The Hall–Kier alpha value is -0.830. The van der Waals surface area contributed by atoms with Crippen molar-refractivity contribution in [3.63, 3.8) is 0 Å². The molecule has 1 fully saturated rings. The molecule has 1 aliphatic carbocycles. The Morgan fingerprint density at radius 3 is 2.57 bits per heavy atom. The minimum Gasteiger partial charge on any atom is -0.309 e. The molecule has 1 atom stereocenters. The molecule has 110 valence electrons. The summed E-state index contributed by atoms with van der Waals surface area (Å²) < 4.78 is 1.06. The van der Waals surface area contributed by atoms with Crippen molar-refractivity contribution in [2.45, 2.75) is 31.2 Å². The third-order valence-electron chi connectivity index (χ3n) is 4.41. The zero-order valence-electron chi connectivity index (χ0n) is 12.1. The number of halogens is 2. The molecule has 0 bridgehead atoms. The average molecular weight is 365 g/mol. The van der Waals surface area contributed by atoms with Crippen molar-refractivity contribution in [1.29, 1.82) is 0 Å². The van der Waals surface area contributed by atoms with E-state index in [2.05, 4.69) is 51.6 Å². The monoisotopic (exact) mass is 363 g/mol. The van der Waals surface area contributed by atoms with Gasteiger partial charge in [0.1, 0.15) is 0 Å². The molecule has 1 saturated carbocycles. The predicted molar refractivity (Wildman–Crippen MR) is 93.1 cm³/mol. The predicted octanol–water partition coefficient (Wildman–Crippen LogP) is 5.68. The van der Waals surface area contributed by atoms with Crippen LogP contribution >= 0.6 is 27.5 Å². The Bertz CT molecular complexity index is 637. The van der Waals surface area contributed by atoms with Gasteiger partial charge in [0, 0.05) is 9.50 Å². The lowest BCUT2D eigenvalue weighted by molar-refractivity contribution is 0.415. The molecule has 1 N–H and O–H groups in total. The summed E-state index contributed by atoms with van der Waals surface area (Å²) in [5.74, 6) is 0.711. The summed E-state index contributed by atoms with van der Waals surface area (Å²) in [5.41, 5.74) is 3.95. The van der Waals surface area contributed by atoms with Crippen LogP contribution in [0.25, 0.3) is 0 Å². The molecule has 2 aromatic carbocycles. The normalized spacial score (nSPS) is 16.5. The fraction of sp³-hybridized carbons (Fsp3) is 0.333. The first-order chi connectivity index (χ1) is 10.2. The molecule has 0 spiro atoms. The van der Waals surface area contributed by atoms with Crippen molar-refractivity contribution in [1.82, 2.24) is 5.32 Å². The fourth-order valence-electron chi connectivity index (χ4n) is 3.08. The van der Waals surface area contributed by atoms with Gasteiger partial charge in [0.15, 0.2) is 0 Å². The molecule has 1 nitrogen and oxygen atoms in total. The van der Waals surface area contributed by atoms with E-state index in [0.29, 0.717) is 5.92 Å². The van der Waals surface area contributed by atoms with Gasteiger partial charge in [0.2, 0.25) is 0 Å². The lowest BCUT2D eigenvalue weighted by Crippen LogP contribution is -2.22. The fourth-order valence-corrected chi connectivity index (χ4v) is 3.68. The van der Waals surface area contributed by atoms with Crippen LogP contribution in [0, 0.1) is 0 Å². The number of rotatable bonds is 4. The number of hydrogen-bond donors (Lipinski definition) is 1. The van der Waals surface area contributed by atoms with Gasteiger partial charge in [-0.25, -0.2) is 0 Å². The standard InChI is InChI=1S/C18H19BrClN/c1-21-18(16-11-13(19)9-10-17(16)20)15-8-3-2-7-14(15)12-5-4-6-12/h2-3,7-12,18,21H,4-6H2,1H3. The molecule has 0 aliphatic heterocycles. The Morgan fingerprint density at radius 1 is 1.14 bits per heavy atom. The van der Waals surface area contributed by atoms with Gasteiger partial charge in [-0.3, -0.25) is 0 Å². The molecule has 3 heteroatoms. The molecule has 0 radical (unpaired) electrons. The van der Waals surface area contributed by atoms with Gasteiger partial charge in [0.05, 0.1) is 6.04 Å². The summed E-state index contributed by atoms with van der Waals surface area (Å²) in [6, 6.07) is 14.9. The molecular formula is C18H19BrClN. The lowest BCUT2D eigenvalue weighted by atomic mass is 9.76. The first-order valence-corrected chi connectivity index (χ1v) is 8.59. The summed E-state index contributed by atoms with van der Waals surface area (Å²) in [4.78, 5) is 0. The quantitative estimate of drug-likeness (QED) is 0.736. The van der Waals surface area contributed by atoms with E-state index in [1.807, 2.05) is 19.2 Å². The minimum absolute atomic E-state index is 0.131. The van der Waals surface area contributed by atoms with Crippen LogP contribution in [0.3, 0.4) is 0 Å². The zero-order chi connectivity index (χ0) is 14.8. The van der Waals surface area contributed by atoms with E-state index in [1.165, 1.54) is 30.4 Å². The summed E-state index contributed by atoms with van der Waals surface area (Å²) in [6.07, 6.45) is 3.96.